The van der Waals surface area contributed by atoms with Gasteiger partial charge < -0.3 is 14.5 Å². The molecule has 2 aromatic carbocycles. The minimum atomic E-state index is -0.311. The molecule has 2 aliphatic heterocycles. The molecule has 0 unspecified atom stereocenters. The smallest absolute Gasteiger partial charge is 0.277 e. The molecule has 4 rings (SSSR count). The fourth-order valence-electron chi connectivity index (χ4n) is 4.33. The van der Waals surface area contributed by atoms with E-state index in [9.17, 15) is 14.0 Å². The number of hydrogen-bond donors (Lipinski definition) is 0. The molecule has 0 atom stereocenters. The molecule has 0 N–H and O–H groups in total. The molecule has 2 heterocycles. The van der Waals surface area contributed by atoms with Crippen LogP contribution in [0.25, 0.3) is 5.57 Å². The van der Waals surface area contributed by atoms with Gasteiger partial charge in [0, 0.05) is 38.3 Å². The van der Waals surface area contributed by atoms with Crippen molar-refractivity contribution in [3.8, 4) is 5.75 Å². The summed E-state index contributed by atoms with van der Waals surface area (Å²) in [5, 5.41) is 0. The normalized spacial score (nSPS) is 17.5. The summed E-state index contributed by atoms with van der Waals surface area (Å²) in [5.74, 6) is -0.332. The molecular weight excluding hydrogens is 409 g/mol. The van der Waals surface area contributed by atoms with Crippen molar-refractivity contribution < 1.29 is 18.7 Å². The van der Waals surface area contributed by atoms with Crippen molar-refractivity contribution in [1.29, 1.82) is 0 Å². The fraction of sp³-hybridized carbons (Fsp3) is 0.360. The van der Waals surface area contributed by atoms with E-state index in [4.69, 9.17) is 4.74 Å². The lowest BCUT2D eigenvalue weighted by molar-refractivity contribution is -0.137. The zero-order chi connectivity index (χ0) is 22.7. The maximum absolute atomic E-state index is 13.5. The number of carbonyl (C=O) groups is 2. The Balaban J connectivity index is 1.66. The predicted molar refractivity (Wildman–Crippen MR) is 120 cm³/mol. The molecule has 6 nitrogen and oxygen atoms in total. The van der Waals surface area contributed by atoms with Gasteiger partial charge in [-0.2, -0.15) is 0 Å². The average Bonchev–Trinajstić information content (AvgIpc) is 3.08. The highest BCUT2D eigenvalue weighted by atomic mass is 19.1. The summed E-state index contributed by atoms with van der Waals surface area (Å²) in [6.45, 7) is 6.38. The van der Waals surface area contributed by atoms with Crippen LogP contribution in [0.15, 0.2) is 54.2 Å². The Hall–Kier alpha value is -3.19. The summed E-state index contributed by atoms with van der Waals surface area (Å²) in [4.78, 5) is 32.7. The van der Waals surface area contributed by atoms with Crippen LogP contribution in [0.5, 0.6) is 5.75 Å². The maximum atomic E-state index is 13.5. The van der Waals surface area contributed by atoms with Crippen LogP contribution in [0.2, 0.25) is 0 Å². The van der Waals surface area contributed by atoms with Crippen molar-refractivity contribution in [2.45, 2.75) is 13.3 Å². The van der Waals surface area contributed by atoms with E-state index in [0.29, 0.717) is 42.1 Å². The lowest BCUT2D eigenvalue weighted by atomic mass is 10.0. The first-order valence-electron chi connectivity index (χ1n) is 11.0. The number of imide groups is 1. The van der Waals surface area contributed by atoms with E-state index in [2.05, 4.69) is 11.8 Å². The third kappa shape index (κ3) is 4.25. The molecule has 0 aliphatic carbocycles. The Morgan fingerprint density at radius 1 is 0.938 bits per heavy atom. The van der Waals surface area contributed by atoms with Crippen molar-refractivity contribution in [2.24, 2.45) is 0 Å². The zero-order valence-corrected chi connectivity index (χ0v) is 18.5. The second-order valence-electron chi connectivity index (χ2n) is 7.98. The summed E-state index contributed by atoms with van der Waals surface area (Å²) in [5.41, 5.74) is 2.35. The van der Waals surface area contributed by atoms with Crippen molar-refractivity contribution in [2.75, 3.05) is 46.4 Å². The SMILES string of the molecule is CCN1CCN(C2=C(c3ccccc3OC)C(=O)N(CCc3ccc(F)cc3)C2=O)CC1. The number of methoxy groups -OCH3 is 1. The van der Waals surface area contributed by atoms with Gasteiger partial charge in [-0.1, -0.05) is 37.3 Å². The number of piperazine rings is 1. The highest BCUT2D eigenvalue weighted by molar-refractivity contribution is 6.36. The summed E-state index contributed by atoms with van der Waals surface area (Å²) < 4.78 is 18.7. The van der Waals surface area contributed by atoms with E-state index in [1.165, 1.54) is 17.0 Å². The van der Waals surface area contributed by atoms with Crippen molar-refractivity contribution >= 4 is 17.4 Å². The molecule has 2 aliphatic rings. The molecule has 0 bridgehead atoms. The van der Waals surface area contributed by atoms with Crippen LogP contribution in [0.1, 0.15) is 18.1 Å². The molecular formula is C25H28FN3O3. The predicted octanol–water partition coefficient (Wildman–Crippen LogP) is 2.79. The fourth-order valence-corrected chi connectivity index (χ4v) is 4.33. The Bertz CT molecular complexity index is 1030. The molecule has 2 aromatic rings. The minimum Gasteiger partial charge on any atom is -0.496 e. The Morgan fingerprint density at radius 2 is 1.62 bits per heavy atom. The Labute approximate surface area is 187 Å². The van der Waals surface area contributed by atoms with E-state index < -0.39 is 0 Å². The van der Waals surface area contributed by atoms with Gasteiger partial charge in [-0.15, -0.1) is 0 Å². The standard InChI is InChI=1S/C25H28FN3O3/c1-3-27-14-16-28(17-15-27)23-22(20-6-4-5-7-21(20)32-2)24(30)29(25(23)31)13-12-18-8-10-19(26)11-9-18/h4-11H,3,12-17H2,1-2H3. The molecule has 0 radical (unpaired) electrons. The molecule has 7 heteroatoms. The second-order valence-corrected chi connectivity index (χ2v) is 7.98. The van der Waals surface area contributed by atoms with E-state index in [-0.39, 0.29) is 24.2 Å². The Kier molecular flexibility index (Phi) is 6.55. The highest BCUT2D eigenvalue weighted by Gasteiger charge is 2.42. The average molecular weight is 438 g/mol. The summed E-state index contributed by atoms with van der Waals surface area (Å²) in [7, 11) is 1.56. The Morgan fingerprint density at radius 3 is 2.28 bits per heavy atom. The second kappa shape index (κ2) is 9.53. The minimum absolute atomic E-state index is 0.236. The van der Waals surface area contributed by atoms with Gasteiger partial charge in [0.2, 0.25) is 0 Å². The van der Waals surface area contributed by atoms with Crippen molar-refractivity contribution in [1.82, 2.24) is 14.7 Å². The zero-order valence-electron chi connectivity index (χ0n) is 18.5. The third-order valence-corrected chi connectivity index (χ3v) is 6.19. The van der Waals surface area contributed by atoms with Crippen LogP contribution in [0.4, 0.5) is 4.39 Å². The maximum Gasteiger partial charge on any atom is 0.277 e. The molecule has 1 fully saturated rings. The molecule has 2 amide bonds. The summed E-state index contributed by atoms with van der Waals surface area (Å²) in [6, 6.07) is 13.4. The van der Waals surface area contributed by atoms with E-state index in [1.807, 2.05) is 23.1 Å². The number of para-hydroxylation sites is 1. The van der Waals surface area contributed by atoms with Crippen LogP contribution in [-0.4, -0.2) is 72.9 Å². The first-order valence-corrected chi connectivity index (χ1v) is 11.0. The highest BCUT2D eigenvalue weighted by Crippen LogP contribution is 2.36. The van der Waals surface area contributed by atoms with Crippen LogP contribution in [0.3, 0.4) is 0 Å². The number of halogens is 1. The van der Waals surface area contributed by atoms with Gasteiger partial charge in [-0.3, -0.25) is 14.5 Å². The number of likely N-dealkylation sites (N-methyl/N-ethyl adjacent to an activating group) is 1. The van der Waals surface area contributed by atoms with Gasteiger partial charge in [0.05, 0.1) is 12.7 Å². The molecule has 32 heavy (non-hydrogen) atoms. The third-order valence-electron chi connectivity index (χ3n) is 6.19. The number of rotatable bonds is 7. The monoisotopic (exact) mass is 437 g/mol. The number of amides is 2. The van der Waals surface area contributed by atoms with Crippen LogP contribution in [0, 0.1) is 5.82 Å². The van der Waals surface area contributed by atoms with Crippen molar-refractivity contribution in [3.05, 3.63) is 71.2 Å². The van der Waals surface area contributed by atoms with Gasteiger partial charge in [0.15, 0.2) is 0 Å². The van der Waals surface area contributed by atoms with Gasteiger partial charge in [0.1, 0.15) is 17.3 Å². The van der Waals surface area contributed by atoms with Crippen LogP contribution < -0.4 is 4.74 Å². The van der Waals surface area contributed by atoms with Gasteiger partial charge >= 0.3 is 0 Å². The number of carbonyl (C=O) groups excluding carboxylic acids is 2. The number of nitrogens with zero attached hydrogens (tertiary/aromatic N) is 3. The number of hydrogen-bond acceptors (Lipinski definition) is 5. The molecule has 0 saturated carbocycles. The van der Waals surface area contributed by atoms with Gasteiger partial charge in [-0.25, -0.2) is 4.39 Å². The molecule has 1 saturated heterocycles. The first-order chi connectivity index (χ1) is 15.5. The summed E-state index contributed by atoms with van der Waals surface area (Å²) >= 11 is 0. The van der Waals surface area contributed by atoms with E-state index in [0.717, 1.165) is 25.2 Å². The van der Waals surface area contributed by atoms with Gasteiger partial charge in [-0.05, 0) is 36.7 Å². The quantitative estimate of drug-likeness (QED) is 0.624. The molecule has 0 spiro atoms. The summed E-state index contributed by atoms with van der Waals surface area (Å²) in [6.07, 6.45) is 0.466. The topological polar surface area (TPSA) is 53.1 Å². The first kappa shape index (κ1) is 22.0. The largest absolute Gasteiger partial charge is 0.496 e. The van der Waals surface area contributed by atoms with Crippen LogP contribution >= 0.6 is 0 Å². The lowest BCUT2D eigenvalue weighted by Crippen LogP contribution is -2.47. The van der Waals surface area contributed by atoms with E-state index in [1.54, 1.807) is 25.3 Å². The van der Waals surface area contributed by atoms with Crippen LogP contribution in [-0.2, 0) is 16.0 Å². The van der Waals surface area contributed by atoms with Gasteiger partial charge in [0.25, 0.3) is 11.8 Å². The van der Waals surface area contributed by atoms with E-state index >= 15 is 0 Å². The number of ether oxygens (including phenoxy) is 1. The molecule has 168 valence electrons. The molecule has 0 aromatic heterocycles. The number of benzene rings is 2. The van der Waals surface area contributed by atoms with Crippen molar-refractivity contribution in [3.63, 3.8) is 0 Å². The lowest BCUT2D eigenvalue weighted by Gasteiger charge is -2.36.